The van der Waals surface area contributed by atoms with E-state index < -0.39 is 0 Å². The van der Waals surface area contributed by atoms with Crippen LogP contribution in [0.15, 0.2) is 46.9 Å². The lowest BCUT2D eigenvalue weighted by Crippen LogP contribution is -2.34. The van der Waals surface area contributed by atoms with Crippen LogP contribution in [0.3, 0.4) is 0 Å². The maximum atomic E-state index is 5.93. The number of benzene rings is 1. The Labute approximate surface area is 212 Å². The summed E-state index contributed by atoms with van der Waals surface area (Å²) in [7, 11) is 0. The molecule has 3 heterocycles. The molecule has 3 aromatic rings. The zero-order valence-corrected chi connectivity index (χ0v) is 22.0. The van der Waals surface area contributed by atoms with Gasteiger partial charge in [-0.25, -0.2) is 15.0 Å². The molecule has 5 nitrogen and oxygen atoms in total. The number of ether oxygens (including phenoxy) is 1. The van der Waals surface area contributed by atoms with Crippen LogP contribution < -0.4 is 9.64 Å². The van der Waals surface area contributed by atoms with Crippen molar-refractivity contribution in [1.29, 1.82) is 0 Å². The van der Waals surface area contributed by atoms with Gasteiger partial charge in [-0.15, -0.1) is 23.1 Å². The first-order valence-electron chi connectivity index (χ1n) is 12.5. The van der Waals surface area contributed by atoms with E-state index in [-0.39, 0.29) is 0 Å². The predicted octanol–water partition coefficient (Wildman–Crippen LogP) is 7.13. The molecule has 0 amide bonds. The molecule has 0 saturated carbocycles. The maximum Gasteiger partial charge on any atom is 0.225 e. The fourth-order valence-corrected chi connectivity index (χ4v) is 5.69. The highest BCUT2D eigenvalue weighted by atomic mass is 32.2. The Kier molecular flexibility index (Phi) is 9.63. The molecule has 1 aliphatic rings. The summed E-state index contributed by atoms with van der Waals surface area (Å²) in [5.74, 6) is 2.27. The minimum Gasteiger partial charge on any atom is -0.487 e. The summed E-state index contributed by atoms with van der Waals surface area (Å²) in [4.78, 5) is 17.8. The predicted molar refractivity (Wildman–Crippen MR) is 143 cm³/mol. The van der Waals surface area contributed by atoms with Gasteiger partial charge in [0.25, 0.3) is 0 Å². The molecular weight excluding hydrogens is 460 g/mol. The molecule has 0 radical (unpaired) electrons. The van der Waals surface area contributed by atoms with Crippen molar-refractivity contribution >= 4 is 29.0 Å². The second-order valence-electron chi connectivity index (χ2n) is 8.96. The summed E-state index contributed by atoms with van der Waals surface area (Å²) < 4.78 is 5.93. The molecule has 0 N–H and O–H groups in total. The Morgan fingerprint density at radius 1 is 1.03 bits per heavy atom. The Morgan fingerprint density at radius 3 is 2.47 bits per heavy atom. The van der Waals surface area contributed by atoms with Crippen LogP contribution in [0.4, 0.5) is 5.95 Å². The van der Waals surface area contributed by atoms with Crippen LogP contribution in [-0.4, -0.2) is 34.3 Å². The molecule has 1 saturated heterocycles. The molecule has 0 bridgehead atoms. The summed E-state index contributed by atoms with van der Waals surface area (Å²) in [5.41, 5.74) is 2.28. The van der Waals surface area contributed by atoms with Crippen molar-refractivity contribution in [1.82, 2.24) is 15.0 Å². The van der Waals surface area contributed by atoms with Gasteiger partial charge in [0, 0.05) is 41.7 Å². The molecule has 1 aliphatic heterocycles. The van der Waals surface area contributed by atoms with Gasteiger partial charge in [0.1, 0.15) is 12.4 Å². The van der Waals surface area contributed by atoms with Crippen molar-refractivity contribution in [3.63, 3.8) is 0 Å². The van der Waals surface area contributed by atoms with Crippen LogP contribution in [0.25, 0.3) is 0 Å². The average Bonchev–Trinajstić information content (AvgIpc) is 3.37. The second-order valence-corrected chi connectivity index (χ2v) is 10.7. The van der Waals surface area contributed by atoms with E-state index >= 15 is 0 Å². The van der Waals surface area contributed by atoms with E-state index in [0.717, 1.165) is 49.7 Å². The Bertz CT molecular complexity index is 983. The molecule has 0 atom stereocenters. The molecule has 0 unspecified atom stereocenters. The monoisotopic (exact) mass is 496 g/mol. The van der Waals surface area contributed by atoms with Crippen LogP contribution >= 0.6 is 23.1 Å². The smallest absolute Gasteiger partial charge is 0.225 e. The van der Waals surface area contributed by atoms with Gasteiger partial charge >= 0.3 is 0 Å². The van der Waals surface area contributed by atoms with Crippen molar-refractivity contribution in [2.45, 2.75) is 75.7 Å². The third kappa shape index (κ3) is 7.19. The number of anilines is 1. The van der Waals surface area contributed by atoms with Gasteiger partial charge in [-0.3, -0.25) is 0 Å². The first-order chi connectivity index (χ1) is 16.7. The van der Waals surface area contributed by atoms with E-state index in [4.69, 9.17) is 9.72 Å². The number of thioether (sulfide) groups is 1. The van der Waals surface area contributed by atoms with Crippen LogP contribution in [0.5, 0.6) is 5.75 Å². The average molecular weight is 497 g/mol. The van der Waals surface area contributed by atoms with E-state index in [2.05, 4.69) is 45.6 Å². The van der Waals surface area contributed by atoms with Gasteiger partial charge in [-0.1, -0.05) is 32.6 Å². The number of hydrogen-bond acceptors (Lipinski definition) is 7. The van der Waals surface area contributed by atoms with E-state index in [1.807, 2.05) is 24.5 Å². The molecule has 182 valence electrons. The summed E-state index contributed by atoms with van der Waals surface area (Å²) in [5, 5.41) is 3.37. The maximum absolute atomic E-state index is 5.93. The van der Waals surface area contributed by atoms with Crippen molar-refractivity contribution in [2.75, 3.05) is 24.2 Å². The van der Waals surface area contributed by atoms with Gasteiger partial charge in [0.05, 0.1) is 10.7 Å². The highest BCUT2D eigenvalue weighted by Gasteiger charge is 2.24. The number of unbranched alkanes of at least 4 members (excludes halogenated alkanes) is 4. The van der Waals surface area contributed by atoms with Gasteiger partial charge in [-0.2, -0.15) is 0 Å². The van der Waals surface area contributed by atoms with Gasteiger partial charge < -0.3 is 9.64 Å². The highest BCUT2D eigenvalue weighted by Crippen LogP contribution is 2.31. The lowest BCUT2D eigenvalue weighted by Gasteiger charge is -2.31. The van der Waals surface area contributed by atoms with Crippen molar-refractivity contribution in [3.8, 4) is 5.75 Å². The zero-order valence-electron chi connectivity index (χ0n) is 20.4. The Balaban J connectivity index is 1.21. The van der Waals surface area contributed by atoms with Crippen LogP contribution in [-0.2, 0) is 13.0 Å². The summed E-state index contributed by atoms with van der Waals surface area (Å²) in [6.45, 7) is 4.74. The zero-order chi connectivity index (χ0) is 23.6. The topological polar surface area (TPSA) is 51.1 Å². The minimum absolute atomic E-state index is 0.512. The number of aryl methyl sites for hydroxylation is 1. The van der Waals surface area contributed by atoms with Gasteiger partial charge in [0.15, 0.2) is 0 Å². The first-order valence-corrected chi connectivity index (χ1v) is 14.6. The summed E-state index contributed by atoms with van der Waals surface area (Å²) >= 11 is 3.50. The van der Waals surface area contributed by atoms with E-state index in [9.17, 15) is 0 Å². The third-order valence-corrected chi connectivity index (χ3v) is 8.20. The molecule has 0 aliphatic carbocycles. The lowest BCUT2D eigenvalue weighted by atomic mass is 9.98. The normalized spacial score (nSPS) is 14.5. The second kappa shape index (κ2) is 13.1. The highest BCUT2D eigenvalue weighted by molar-refractivity contribution is 7.98. The summed E-state index contributed by atoms with van der Waals surface area (Å²) in [6, 6.07) is 8.23. The Hall–Kier alpha value is -2.12. The number of piperidine rings is 1. The van der Waals surface area contributed by atoms with Crippen molar-refractivity contribution < 1.29 is 4.74 Å². The van der Waals surface area contributed by atoms with Crippen molar-refractivity contribution in [2.24, 2.45) is 0 Å². The van der Waals surface area contributed by atoms with E-state index in [1.165, 1.54) is 47.6 Å². The minimum atomic E-state index is 0.512. The third-order valence-electron chi connectivity index (χ3n) is 6.40. The number of aromatic nitrogens is 3. The van der Waals surface area contributed by atoms with Gasteiger partial charge in [0.2, 0.25) is 5.95 Å². The Morgan fingerprint density at radius 2 is 1.76 bits per heavy atom. The number of hydrogen-bond donors (Lipinski definition) is 0. The first kappa shape index (κ1) is 25.0. The lowest BCUT2D eigenvalue weighted by molar-refractivity contribution is 0.301. The van der Waals surface area contributed by atoms with Crippen LogP contribution in [0.2, 0.25) is 0 Å². The quantitative estimate of drug-likeness (QED) is 0.196. The molecule has 2 aromatic heterocycles. The summed E-state index contributed by atoms with van der Waals surface area (Å²) in [6.07, 6.45) is 15.9. The molecule has 4 rings (SSSR count). The molecule has 0 spiro atoms. The van der Waals surface area contributed by atoms with Gasteiger partial charge in [-0.05, 0) is 61.8 Å². The fourth-order valence-electron chi connectivity index (χ4n) is 4.31. The molecule has 7 heteroatoms. The largest absolute Gasteiger partial charge is 0.487 e. The standard InChI is InChI=1S/C27H36N4OS2/c1-3-4-5-6-7-8-21-17-28-27(29-18-21)31-15-13-22(14-16-31)26-30-23(20-34-26)19-32-24-9-11-25(33-2)12-10-24/h9-12,17-18,20,22H,3-8,13-16,19H2,1-2H3. The van der Waals surface area contributed by atoms with Crippen molar-refractivity contribution in [3.05, 3.63) is 58.3 Å². The fraction of sp³-hybridized carbons (Fsp3) is 0.519. The number of thiazole rings is 1. The molecule has 1 aromatic carbocycles. The van der Waals surface area contributed by atoms with Crippen LogP contribution in [0, 0.1) is 0 Å². The molecule has 34 heavy (non-hydrogen) atoms. The van der Waals surface area contributed by atoms with E-state index in [0.29, 0.717) is 12.5 Å². The molecular formula is C27H36N4OS2. The SMILES string of the molecule is CCCCCCCc1cnc(N2CCC(c3nc(COc4ccc(SC)cc4)cs3)CC2)nc1. The number of rotatable bonds is 12. The molecule has 1 fully saturated rings. The number of nitrogens with zero attached hydrogens (tertiary/aromatic N) is 4. The van der Waals surface area contributed by atoms with E-state index in [1.54, 1.807) is 23.1 Å². The van der Waals surface area contributed by atoms with Crippen LogP contribution in [0.1, 0.15) is 74.1 Å².